The molecule has 1 aromatic heterocycles. The van der Waals surface area contributed by atoms with Gasteiger partial charge in [0.25, 0.3) is 0 Å². The Morgan fingerprint density at radius 3 is 2.83 bits per heavy atom. The normalized spacial score (nSPS) is 12.0. The number of nitrogens with zero attached hydrogens (tertiary/aromatic N) is 3. The van der Waals surface area contributed by atoms with Crippen molar-refractivity contribution in [2.24, 2.45) is 0 Å². The van der Waals surface area contributed by atoms with Gasteiger partial charge in [0.1, 0.15) is 16.6 Å². The van der Waals surface area contributed by atoms with Crippen molar-refractivity contribution >= 4 is 22.5 Å². The molecule has 0 unspecified atom stereocenters. The lowest BCUT2D eigenvalue weighted by atomic mass is 10.1. The number of carbonyl (C=O) groups is 1. The van der Waals surface area contributed by atoms with Crippen molar-refractivity contribution in [1.29, 1.82) is 0 Å². The number of halogens is 2. The predicted molar refractivity (Wildman–Crippen MR) is 87.0 cm³/mol. The average Bonchev–Trinajstić information content (AvgIpc) is 2.95. The summed E-state index contributed by atoms with van der Waals surface area (Å²) in [5.41, 5.74) is 0.174. The molecule has 0 radical (unpaired) electrons. The molecule has 6 nitrogen and oxygen atoms in total. The van der Waals surface area contributed by atoms with Crippen LogP contribution in [0.3, 0.4) is 0 Å². The summed E-state index contributed by atoms with van der Waals surface area (Å²) >= 11 is 1.08. The molecule has 0 aliphatic rings. The summed E-state index contributed by atoms with van der Waals surface area (Å²) in [5, 5.41) is 20.4. The smallest absolute Gasteiger partial charge is 0.323 e. The highest BCUT2D eigenvalue weighted by molar-refractivity contribution is 7.15. The number of amides is 2. The molecule has 9 heteroatoms. The van der Waals surface area contributed by atoms with E-state index in [0.717, 1.165) is 29.5 Å². The Labute approximate surface area is 142 Å². The lowest BCUT2D eigenvalue weighted by Gasteiger charge is -2.21. The van der Waals surface area contributed by atoms with E-state index in [2.05, 4.69) is 15.5 Å². The largest absolute Gasteiger partial charge is 0.392 e. The van der Waals surface area contributed by atoms with Gasteiger partial charge < -0.3 is 10.0 Å². The molecule has 2 N–H and O–H groups in total. The Morgan fingerprint density at radius 1 is 1.42 bits per heavy atom. The van der Waals surface area contributed by atoms with Crippen molar-refractivity contribution < 1.29 is 18.7 Å². The van der Waals surface area contributed by atoms with E-state index in [1.54, 1.807) is 13.8 Å². The predicted octanol–water partition coefficient (Wildman–Crippen LogP) is 2.64. The summed E-state index contributed by atoms with van der Waals surface area (Å²) in [6, 6.07) is 2.81. The maximum absolute atomic E-state index is 13.6. The molecule has 2 aromatic rings. The van der Waals surface area contributed by atoms with Crippen molar-refractivity contribution in [1.82, 2.24) is 15.1 Å². The van der Waals surface area contributed by atoms with E-state index in [1.165, 1.54) is 4.90 Å². The molecule has 1 atom stereocenters. The minimum Gasteiger partial charge on any atom is -0.392 e. The molecule has 0 fully saturated rings. The van der Waals surface area contributed by atoms with E-state index in [-0.39, 0.29) is 23.7 Å². The van der Waals surface area contributed by atoms with Gasteiger partial charge in [-0.15, -0.1) is 10.2 Å². The first-order chi connectivity index (χ1) is 11.4. The van der Waals surface area contributed by atoms with Gasteiger partial charge >= 0.3 is 6.03 Å². The van der Waals surface area contributed by atoms with Gasteiger partial charge in [-0.2, -0.15) is 0 Å². The summed E-state index contributed by atoms with van der Waals surface area (Å²) in [4.78, 5) is 13.5. The van der Waals surface area contributed by atoms with Crippen molar-refractivity contribution in [3.63, 3.8) is 0 Å². The first kappa shape index (κ1) is 18.2. The second kappa shape index (κ2) is 8.11. The van der Waals surface area contributed by atoms with Gasteiger partial charge in [0.2, 0.25) is 5.13 Å². The number of likely N-dealkylation sites (N-methyl/N-ethyl adjacent to an activating group) is 1. The van der Waals surface area contributed by atoms with E-state index in [0.29, 0.717) is 11.6 Å². The SMILES string of the molecule is CCN(C[C@H](C)O)C(=O)Nc1nnc(Cc2cc(F)ccc2F)s1. The number of urea groups is 1. The molecule has 0 saturated carbocycles. The monoisotopic (exact) mass is 356 g/mol. The highest BCUT2D eigenvalue weighted by Gasteiger charge is 2.16. The molecule has 1 heterocycles. The lowest BCUT2D eigenvalue weighted by Crippen LogP contribution is -2.39. The zero-order valence-electron chi connectivity index (χ0n) is 13.3. The molecule has 0 aliphatic heterocycles. The molecule has 0 spiro atoms. The Bertz CT molecular complexity index is 709. The van der Waals surface area contributed by atoms with Crippen LogP contribution in [0.25, 0.3) is 0 Å². The van der Waals surface area contributed by atoms with Gasteiger partial charge in [-0.3, -0.25) is 5.32 Å². The fraction of sp³-hybridized carbons (Fsp3) is 0.400. The topological polar surface area (TPSA) is 78.4 Å². The second-order valence-corrected chi connectivity index (χ2v) is 6.29. The van der Waals surface area contributed by atoms with Crippen LogP contribution in [0.5, 0.6) is 0 Å². The van der Waals surface area contributed by atoms with Crippen LogP contribution in [0.15, 0.2) is 18.2 Å². The number of carbonyl (C=O) groups excluding carboxylic acids is 1. The van der Waals surface area contributed by atoms with Crippen LogP contribution in [0, 0.1) is 11.6 Å². The molecule has 1 aromatic carbocycles. The summed E-state index contributed by atoms with van der Waals surface area (Å²) < 4.78 is 26.8. The Morgan fingerprint density at radius 2 is 2.17 bits per heavy atom. The summed E-state index contributed by atoms with van der Waals surface area (Å²) in [5.74, 6) is -1.05. The van der Waals surface area contributed by atoms with Gasteiger partial charge in [-0.05, 0) is 37.6 Å². The number of nitrogens with one attached hydrogen (secondary N) is 1. The number of aliphatic hydroxyl groups is 1. The molecule has 130 valence electrons. The Balaban J connectivity index is 2.02. The van der Waals surface area contributed by atoms with Crippen LogP contribution in [-0.2, 0) is 6.42 Å². The fourth-order valence-electron chi connectivity index (χ4n) is 2.06. The van der Waals surface area contributed by atoms with E-state index >= 15 is 0 Å². The third kappa shape index (κ3) is 4.93. The highest BCUT2D eigenvalue weighted by Crippen LogP contribution is 2.21. The first-order valence-electron chi connectivity index (χ1n) is 7.39. The maximum atomic E-state index is 13.6. The average molecular weight is 356 g/mol. The van der Waals surface area contributed by atoms with E-state index < -0.39 is 23.8 Å². The highest BCUT2D eigenvalue weighted by atomic mass is 32.1. The molecular formula is C15H18F2N4O2S. The van der Waals surface area contributed by atoms with Crippen LogP contribution in [-0.4, -0.2) is 45.4 Å². The molecule has 2 rings (SSSR count). The van der Waals surface area contributed by atoms with Gasteiger partial charge in [0.15, 0.2) is 0 Å². The molecule has 0 aliphatic carbocycles. The molecule has 0 bridgehead atoms. The number of hydrogen-bond donors (Lipinski definition) is 2. The van der Waals surface area contributed by atoms with E-state index in [4.69, 9.17) is 0 Å². The summed E-state index contributed by atoms with van der Waals surface area (Å²) in [6.07, 6.45) is -0.556. The lowest BCUT2D eigenvalue weighted by molar-refractivity contribution is 0.141. The second-order valence-electron chi connectivity index (χ2n) is 5.23. The van der Waals surface area contributed by atoms with Crippen LogP contribution in [0.2, 0.25) is 0 Å². The number of hydrogen-bond acceptors (Lipinski definition) is 5. The Hall–Kier alpha value is -2.13. The minimum atomic E-state index is -0.642. The van der Waals surface area contributed by atoms with Crippen LogP contribution >= 0.6 is 11.3 Å². The molecular weight excluding hydrogens is 338 g/mol. The van der Waals surface area contributed by atoms with Crippen LogP contribution in [0.4, 0.5) is 18.7 Å². The van der Waals surface area contributed by atoms with E-state index in [1.807, 2.05) is 0 Å². The minimum absolute atomic E-state index is 0.0856. The number of rotatable bonds is 6. The maximum Gasteiger partial charge on any atom is 0.323 e. The number of anilines is 1. The van der Waals surface area contributed by atoms with Crippen molar-refractivity contribution in [2.75, 3.05) is 18.4 Å². The van der Waals surface area contributed by atoms with Gasteiger partial charge in [0, 0.05) is 19.5 Å². The Kier molecular flexibility index (Phi) is 6.16. The standard InChI is InChI=1S/C15H18F2N4O2S/c1-3-21(8-9(2)22)15(23)18-14-20-19-13(24-14)7-10-6-11(16)4-5-12(10)17/h4-6,9,22H,3,7-8H2,1-2H3,(H,18,20,23)/t9-/m0/s1. The van der Waals surface area contributed by atoms with Crippen LogP contribution < -0.4 is 5.32 Å². The number of benzene rings is 1. The third-order valence-electron chi connectivity index (χ3n) is 3.18. The summed E-state index contributed by atoms with van der Waals surface area (Å²) in [6.45, 7) is 4.01. The van der Waals surface area contributed by atoms with Crippen LogP contribution in [0.1, 0.15) is 24.4 Å². The third-order valence-corrected chi connectivity index (χ3v) is 4.02. The van der Waals surface area contributed by atoms with Gasteiger partial charge in [-0.1, -0.05) is 11.3 Å². The van der Waals surface area contributed by atoms with Gasteiger partial charge in [-0.25, -0.2) is 13.6 Å². The van der Waals surface area contributed by atoms with Crippen molar-refractivity contribution in [2.45, 2.75) is 26.4 Å². The van der Waals surface area contributed by atoms with Crippen molar-refractivity contribution in [3.05, 3.63) is 40.4 Å². The quantitative estimate of drug-likeness (QED) is 0.834. The van der Waals surface area contributed by atoms with E-state index in [9.17, 15) is 18.7 Å². The molecule has 24 heavy (non-hydrogen) atoms. The fourth-order valence-corrected chi connectivity index (χ4v) is 2.81. The van der Waals surface area contributed by atoms with Gasteiger partial charge in [0.05, 0.1) is 6.10 Å². The first-order valence-corrected chi connectivity index (χ1v) is 8.21. The van der Waals surface area contributed by atoms with Crippen molar-refractivity contribution in [3.8, 4) is 0 Å². The number of aromatic nitrogens is 2. The summed E-state index contributed by atoms with van der Waals surface area (Å²) in [7, 11) is 0. The zero-order valence-corrected chi connectivity index (χ0v) is 14.1. The molecule has 0 saturated heterocycles. The number of aliphatic hydroxyl groups excluding tert-OH is 1. The zero-order chi connectivity index (χ0) is 17.7. The molecule has 2 amide bonds.